The number of carboxylic acid groups (broad SMARTS) is 1. The Balaban J connectivity index is 2.05. The number of carboxylic acids is 1. The van der Waals surface area contributed by atoms with Gasteiger partial charge in [0.25, 0.3) is 0 Å². The molecule has 0 bridgehead atoms. The summed E-state index contributed by atoms with van der Waals surface area (Å²) in [6.45, 7) is 8.62. The van der Waals surface area contributed by atoms with Gasteiger partial charge in [-0.05, 0) is 42.2 Å². The van der Waals surface area contributed by atoms with Gasteiger partial charge in [0.2, 0.25) is 0 Å². The number of halogens is 2. The van der Waals surface area contributed by atoms with E-state index in [4.69, 9.17) is 4.74 Å². The summed E-state index contributed by atoms with van der Waals surface area (Å²) in [5, 5.41) is 9.83. The van der Waals surface area contributed by atoms with Crippen molar-refractivity contribution in [2.75, 3.05) is 26.3 Å². The molecule has 3 rings (SSSR count). The number of hydrogen-bond donors (Lipinski definition) is 1. The van der Waals surface area contributed by atoms with Crippen LogP contribution in [0.2, 0.25) is 0 Å². The summed E-state index contributed by atoms with van der Waals surface area (Å²) >= 11 is 0. The lowest BCUT2D eigenvalue weighted by molar-refractivity contribution is -0.133. The highest BCUT2D eigenvalue weighted by Gasteiger charge is 2.37. The number of allylic oxidation sites excluding steroid dienone is 2. The highest BCUT2D eigenvalue weighted by molar-refractivity contribution is 5.90. The van der Waals surface area contributed by atoms with Crippen molar-refractivity contribution in [3.63, 3.8) is 0 Å². The zero-order valence-electron chi connectivity index (χ0n) is 16.4. The predicted molar refractivity (Wildman–Crippen MR) is 101 cm³/mol. The molecule has 0 spiro atoms. The smallest absolute Gasteiger partial charge is 0.333 e. The van der Waals surface area contributed by atoms with E-state index in [0.717, 1.165) is 11.9 Å². The number of aliphatic carboxylic acids is 1. The minimum atomic E-state index is -0.955. The van der Waals surface area contributed by atoms with Crippen molar-refractivity contribution in [2.24, 2.45) is 5.92 Å². The molecule has 1 fully saturated rings. The van der Waals surface area contributed by atoms with Gasteiger partial charge in [-0.1, -0.05) is 19.9 Å². The fourth-order valence-electron chi connectivity index (χ4n) is 3.95. The Kier molecular flexibility index (Phi) is 6.03. The molecular formula is C21H26F2N2O3. The Morgan fingerprint density at radius 3 is 2.50 bits per heavy atom. The number of morpholine rings is 1. The third kappa shape index (κ3) is 4.04. The molecule has 2 heterocycles. The van der Waals surface area contributed by atoms with Crippen molar-refractivity contribution in [3.05, 3.63) is 58.4 Å². The van der Waals surface area contributed by atoms with Crippen LogP contribution in [-0.2, 0) is 16.1 Å². The van der Waals surface area contributed by atoms with Crippen LogP contribution in [-0.4, -0.2) is 53.2 Å². The molecular weight excluding hydrogens is 366 g/mol. The SMILES string of the molecule is CC1=C(C(=O)O)C(C(C)C)N(Cc2ccc(F)c(F)c2)C(N2CCOCC2)=C1. The first-order valence-corrected chi connectivity index (χ1v) is 9.48. The van der Waals surface area contributed by atoms with Crippen LogP contribution in [0.25, 0.3) is 0 Å². The molecule has 152 valence electrons. The second kappa shape index (κ2) is 8.31. The van der Waals surface area contributed by atoms with Gasteiger partial charge in [-0.2, -0.15) is 0 Å². The van der Waals surface area contributed by atoms with E-state index in [-0.39, 0.29) is 18.5 Å². The third-order valence-corrected chi connectivity index (χ3v) is 5.23. The molecule has 28 heavy (non-hydrogen) atoms. The normalized spacial score (nSPS) is 20.6. The first-order chi connectivity index (χ1) is 13.3. The molecule has 1 atom stereocenters. The molecule has 0 aliphatic carbocycles. The van der Waals surface area contributed by atoms with Gasteiger partial charge in [-0.15, -0.1) is 0 Å². The van der Waals surface area contributed by atoms with Gasteiger partial charge in [0.1, 0.15) is 5.82 Å². The van der Waals surface area contributed by atoms with Gasteiger partial charge < -0.3 is 19.6 Å². The van der Waals surface area contributed by atoms with Crippen LogP contribution in [0.15, 0.2) is 41.2 Å². The molecule has 2 aliphatic rings. The Labute approximate surface area is 163 Å². The van der Waals surface area contributed by atoms with Crippen LogP contribution in [0, 0.1) is 17.6 Å². The van der Waals surface area contributed by atoms with E-state index >= 15 is 0 Å². The van der Waals surface area contributed by atoms with Gasteiger partial charge in [0.05, 0.1) is 24.8 Å². The van der Waals surface area contributed by atoms with Gasteiger partial charge in [-0.3, -0.25) is 0 Å². The molecule has 2 aliphatic heterocycles. The van der Waals surface area contributed by atoms with Gasteiger partial charge in [-0.25, -0.2) is 13.6 Å². The summed E-state index contributed by atoms with van der Waals surface area (Å²) in [4.78, 5) is 16.2. The van der Waals surface area contributed by atoms with E-state index in [9.17, 15) is 18.7 Å². The van der Waals surface area contributed by atoms with Crippen LogP contribution in [0.5, 0.6) is 0 Å². The summed E-state index contributed by atoms with van der Waals surface area (Å²) in [5.41, 5.74) is 1.65. The minimum Gasteiger partial charge on any atom is -0.478 e. The molecule has 1 unspecified atom stereocenters. The van der Waals surface area contributed by atoms with E-state index in [2.05, 4.69) is 4.90 Å². The van der Waals surface area contributed by atoms with Gasteiger partial charge >= 0.3 is 5.97 Å². The highest BCUT2D eigenvalue weighted by atomic mass is 19.2. The topological polar surface area (TPSA) is 53.0 Å². The van der Waals surface area contributed by atoms with Gasteiger partial charge in [0.15, 0.2) is 11.6 Å². The Hall–Kier alpha value is -2.41. The number of benzene rings is 1. The van der Waals surface area contributed by atoms with Gasteiger partial charge in [0, 0.05) is 19.6 Å². The maximum Gasteiger partial charge on any atom is 0.333 e. The number of nitrogens with zero attached hydrogens (tertiary/aromatic N) is 2. The molecule has 0 amide bonds. The molecule has 1 aromatic rings. The van der Waals surface area contributed by atoms with Crippen LogP contribution in [0.3, 0.4) is 0 Å². The lowest BCUT2D eigenvalue weighted by atomic mass is 9.87. The van der Waals surface area contributed by atoms with Crippen molar-refractivity contribution in [3.8, 4) is 0 Å². The third-order valence-electron chi connectivity index (χ3n) is 5.23. The summed E-state index contributed by atoms with van der Waals surface area (Å²) in [5.74, 6) is -1.85. The second-order valence-electron chi connectivity index (χ2n) is 7.57. The minimum absolute atomic E-state index is 0.0103. The first-order valence-electron chi connectivity index (χ1n) is 9.48. The van der Waals surface area contributed by atoms with Crippen LogP contribution in [0.1, 0.15) is 26.3 Å². The zero-order chi connectivity index (χ0) is 20.4. The molecule has 0 aromatic heterocycles. The van der Waals surface area contributed by atoms with Crippen molar-refractivity contribution >= 4 is 5.97 Å². The Bertz CT molecular complexity index is 814. The molecule has 0 saturated carbocycles. The molecule has 1 N–H and O–H groups in total. The van der Waals surface area contributed by atoms with Crippen molar-refractivity contribution in [1.82, 2.24) is 9.80 Å². The molecule has 7 heteroatoms. The van der Waals surface area contributed by atoms with Crippen LogP contribution < -0.4 is 0 Å². The lowest BCUT2D eigenvalue weighted by Gasteiger charge is -2.46. The predicted octanol–water partition coefficient (Wildman–Crippen LogP) is 3.38. The monoisotopic (exact) mass is 392 g/mol. The summed E-state index contributed by atoms with van der Waals surface area (Å²) in [6, 6.07) is 3.44. The second-order valence-corrected chi connectivity index (χ2v) is 7.57. The number of ether oxygens (including phenoxy) is 1. The van der Waals surface area contributed by atoms with Crippen molar-refractivity contribution in [2.45, 2.75) is 33.4 Å². The Morgan fingerprint density at radius 1 is 1.25 bits per heavy atom. The van der Waals surface area contributed by atoms with Crippen LogP contribution in [0.4, 0.5) is 8.78 Å². The average Bonchev–Trinajstić information content (AvgIpc) is 2.65. The van der Waals surface area contributed by atoms with Crippen molar-refractivity contribution in [1.29, 1.82) is 0 Å². The van der Waals surface area contributed by atoms with E-state index in [1.54, 1.807) is 6.07 Å². The molecule has 1 aromatic carbocycles. The molecule has 0 radical (unpaired) electrons. The largest absolute Gasteiger partial charge is 0.478 e. The average molecular weight is 392 g/mol. The first kappa shape index (κ1) is 20.3. The van der Waals surface area contributed by atoms with Crippen LogP contribution >= 0.6 is 0 Å². The fourth-order valence-corrected chi connectivity index (χ4v) is 3.95. The van der Waals surface area contributed by atoms with E-state index in [1.807, 2.05) is 31.7 Å². The quantitative estimate of drug-likeness (QED) is 0.833. The number of hydrogen-bond acceptors (Lipinski definition) is 4. The summed E-state index contributed by atoms with van der Waals surface area (Å²) in [7, 11) is 0. The Morgan fingerprint density at radius 2 is 1.93 bits per heavy atom. The number of carbonyl (C=O) groups is 1. The highest BCUT2D eigenvalue weighted by Crippen LogP contribution is 2.34. The maximum atomic E-state index is 13.8. The van der Waals surface area contributed by atoms with E-state index < -0.39 is 17.6 Å². The van der Waals surface area contributed by atoms with E-state index in [1.165, 1.54) is 6.07 Å². The molecule has 5 nitrogen and oxygen atoms in total. The lowest BCUT2D eigenvalue weighted by Crippen LogP contribution is -2.50. The van der Waals surface area contributed by atoms with Crippen molar-refractivity contribution < 1.29 is 23.4 Å². The zero-order valence-corrected chi connectivity index (χ0v) is 16.4. The standard InChI is InChI=1S/C21H26F2N2O3/c1-13(2)20-19(21(26)27)14(3)10-18(24-6-8-28-9-7-24)25(20)12-15-4-5-16(22)17(23)11-15/h4-5,10-11,13,20H,6-9,12H2,1-3H3,(H,26,27). The maximum absolute atomic E-state index is 13.8. The molecule has 1 saturated heterocycles. The fraction of sp³-hybridized carbons (Fsp3) is 0.476. The summed E-state index contributed by atoms with van der Waals surface area (Å²) < 4.78 is 32.6. The van der Waals surface area contributed by atoms with E-state index in [0.29, 0.717) is 43.0 Å². The summed E-state index contributed by atoms with van der Waals surface area (Å²) in [6.07, 6.45) is 1.88. The number of rotatable bonds is 5.